The number of hydrogen-bond donors (Lipinski definition) is 1. The zero-order valence-corrected chi connectivity index (χ0v) is 16.0. The van der Waals surface area contributed by atoms with Crippen molar-refractivity contribution in [2.75, 3.05) is 6.61 Å². The minimum absolute atomic E-state index is 0.000319. The molecule has 1 heterocycles. The van der Waals surface area contributed by atoms with Crippen molar-refractivity contribution in [3.8, 4) is 11.4 Å². The third-order valence-corrected chi connectivity index (χ3v) is 4.22. The molecule has 0 aliphatic carbocycles. The van der Waals surface area contributed by atoms with Gasteiger partial charge in [-0.15, -0.1) is 0 Å². The summed E-state index contributed by atoms with van der Waals surface area (Å²) in [5.74, 6) is -0.580. The summed E-state index contributed by atoms with van der Waals surface area (Å²) in [6.45, 7) is 1.34. The number of carbonyl (C=O) groups is 1. The second kappa shape index (κ2) is 8.98. The Hall–Kier alpha value is -3.72. The van der Waals surface area contributed by atoms with Gasteiger partial charge in [0.25, 0.3) is 5.91 Å². The zero-order valence-electron chi connectivity index (χ0n) is 15.3. The fourth-order valence-electron chi connectivity index (χ4n) is 2.47. The number of nitro groups is 1. The molecule has 0 bridgehead atoms. The quantitative estimate of drug-likeness (QED) is 0.363. The first-order chi connectivity index (χ1) is 14.0. The summed E-state index contributed by atoms with van der Waals surface area (Å²) in [6.07, 6.45) is 1.38. The van der Waals surface area contributed by atoms with Crippen LogP contribution in [-0.4, -0.2) is 33.4 Å². The lowest BCUT2D eigenvalue weighted by Gasteiger charge is -2.05. The van der Waals surface area contributed by atoms with Crippen LogP contribution in [-0.2, 0) is 4.79 Å². The number of hydrogen-bond acceptors (Lipinski definition) is 6. The van der Waals surface area contributed by atoms with Crippen molar-refractivity contribution in [1.29, 1.82) is 0 Å². The summed E-state index contributed by atoms with van der Waals surface area (Å²) in [7, 11) is 0. The Bertz CT molecular complexity index is 1070. The summed E-state index contributed by atoms with van der Waals surface area (Å²) in [4.78, 5) is 22.3. The van der Waals surface area contributed by atoms with Gasteiger partial charge in [0.2, 0.25) is 0 Å². The molecular weight excluding hydrogens is 398 g/mol. The number of aromatic nitrogens is 2. The Kier molecular flexibility index (Phi) is 6.20. The van der Waals surface area contributed by atoms with Crippen molar-refractivity contribution in [2.45, 2.75) is 6.92 Å². The Labute approximate surface area is 170 Å². The lowest BCUT2D eigenvalue weighted by molar-refractivity contribution is -0.385. The van der Waals surface area contributed by atoms with Crippen LogP contribution in [0.4, 0.5) is 5.69 Å². The van der Waals surface area contributed by atoms with E-state index in [9.17, 15) is 14.9 Å². The molecule has 0 aliphatic rings. The molecule has 0 spiro atoms. The largest absolute Gasteiger partial charge is 0.477 e. The van der Waals surface area contributed by atoms with Crippen molar-refractivity contribution in [2.24, 2.45) is 5.10 Å². The van der Waals surface area contributed by atoms with Gasteiger partial charge in [-0.2, -0.15) is 10.2 Å². The molecule has 1 amide bonds. The van der Waals surface area contributed by atoms with Gasteiger partial charge in [0, 0.05) is 6.07 Å². The van der Waals surface area contributed by atoms with Crippen molar-refractivity contribution in [3.63, 3.8) is 0 Å². The van der Waals surface area contributed by atoms with Gasteiger partial charge in [-0.3, -0.25) is 14.9 Å². The standard InChI is InChI=1S/C19H16ClN5O4/c1-13-15(19(20)24(23-13)14-7-3-2-4-8-14)11-21-22-18(26)12-29-17-10-6-5-9-16(17)25(27)28/h2-11H,12H2,1H3,(H,22,26)/b21-11+. The molecular formula is C19H16ClN5O4. The Morgan fingerprint density at radius 2 is 1.97 bits per heavy atom. The lowest BCUT2D eigenvalue weighted by atomic mass is 10.3. The number of ether oxygens (including phenoxy) is 1. The molecule has 9 nitrogen and oxygen atoms in total. The average molecular weight is 414 g/mol. The first-order valence-electron chi connectivity index (χ1n) is 8.46. The molecule has 2 aromatic carbocycles. The number of nitrogens with zero attached hydrogens (tertiary/aromatic N) is 4. The summed E-state index contributed by atoms with van der Waals surface area (Å²) in [6, 6.07) is 15.1. The maximum Gasteiger partial charge on any atom is 0.310 e. The Balaban J connectivity index is 1.63. The number of benzene rings is 2. The monoisotopic (exact) mass is 413 g/mol. The van der Waals surface area contributed by atoms with E-state index in [1.807, 2.05) is 30.3 Å². The first-order valence-corrected chi connectivity index (χ1v) is 8.84. The van der Waals surface area contributed by atoms with Crippen LogP contribution in [0.5, 0.6) is 5.75 Å². The molecule has 0 saturated carbocycles. The van der Waals surface area contributed by atoms with E-state index >= 15 is 0 Å². The fraction of sp³-hybridized carbons (Fsp3) is 0.105. The lowest BCUT2D eigenvalue weighted by Crippen LogP contribution is -2.24. The number of rotatable bonds is 7. The first kappa shape index (κ1) is 20.0. The van der Waals surface area contributed by atoms with E-state index in [2.05, 4.69) is 15.6 Å². The molecule has 0 aliphatic heterocycles. The second-order valence-electron chi connectivity index (χ2n) is 5.84. The summed E-state index contributed by atoms with van der Waals surface area (Å²) in [5.41, 5.74) is 4.05. The van der Waals surface area contributed by atoms with Gasteiger partial charge < -0.3 is 4.74 Å². The summed E-state index contributed by atoms with van der Waals surface area (Å²) < 4.78 is 6.77. The maximum absolute atomic E-state index is 11.9. The maximum atomic E-state index is 11.9. The van der Waals surface area contributed by atoms with Gasteiger partial charge >= 0.3 is 5.69 Å². The predicted molar refractivity (Wildman–Crippen MR) is 108 cm³/mol. The number of carbonyl (C=O) groups excluding carboxylic acids is 1. The van der Waals surface area contributed by atoms with E-state index in [4.69, 9.17) is 16.3 Å². The molecule has 3 rings (SSSR count). The topological polar surface area (TPSA) is 112 Å². The molecule has 148 valence electrons. The zero-order chi connectivity index (χ0) is 20.8. The SMILES string of the molecule is Cc1nn(-c2ccccc2)c(Cl)c1/C=N/NC(=O)COc1ccccc1[N+](=O)[O-]. The highest BCUT2D eigenvalue weighted by Gasteiger charge is 2.15. The molecule has 1 N–H and O–H groups in total. The van der Waals surface area contributed by atoms with Crippen LogP contribution in [0.3, 0.4) is 0 Å². The predicted octanol–water partition coefficient (Wildman–Crippen LogP) is 3.27. The van der Waals surface area contributed by atoms with Crippen LogP contribution in [0, 0.1) is 17.0 Å². The van der Waals surface area contributed by atoms with Crippen LogP contribution in [0.15, 0.2) is 59.7 Å². The number of nitro benzene ring substituents is 1. The van der Waals surface area contributed by atoms with Crippen LogP contribution in [0.1, 0.15) is 11.3 Å². The van der Waals surface area contributed by atoms with E-state index in [1.165, 1.54) is 24.4 Å². The van der Waals surface area contributed by atoms with Gasteiger partial charge in [0.1, 0.15) is 5.15 Å². The van der Waals surface area contributed by atoms with E-state index in [-0.39, 0.29) is 11.4 Å². The van der Waals surface area contributed by atoms with E-state index in [0.29, 0.717) is 16.4 Å². The van der Waals surface area contributed by atoms with Gasteiger partial charge in [-0.1, -0.05) is 41.9 Å². The van der Waals surface area contributed by atoms with Gasteiger partial charge in [-0.25, -0.2) is 10.1 Å². The molecule has 3 aromatic rings. The van der Waals surface area contributed by atoms with Gasteiger partial charge in [0.05, 0.1) is 28.1 Å². The van der Waals surface area contributed by atoms with Crippen LogP contribution >= 0.6 is 11.6 Å². The highest BCUT2D eigenvalue weighted by molar-refractivity contribution is 6.32. The molecule has 0 unspecified atom stereocenters. The fourth-order valence-corrected chi connectivity index (χ4v) is 2.79. The van der Waals surface area contributed by atoms with Crippen molar-refractivity contribution in [1.82, 2.24) is 15.2 Å². The number of nitrogens with one attached hydrogen (secondary N) is 1. The highest BCUT2D eigenvalue weighted by atomic mass is 35.5. The third-order valence-electron chi connectivity index (χ3n) is 3.85. The molecule has 0 saturated heterocycles. The van der Waals surface area contributed by atoms with Gasteiger partial charge in [-0.05, 0) is 25.1 Å². The van der Waals surface area contributed by atoms with E-state index in [0.717, 1.165) is 5.69 Å². The Morgan fingerprint density at radius 3 is 2.69 bits per heavy atom. The molecule has 29 heavy (non-hydrogen) atoms. The molecule has 10 heteroatoms. The van der Waals surface area contributed by atoms with Gasteiger partial charge in [0.15, 0.2) is 12.4 Å². The molecule has 1 aromatic heterocycles. The number of amides is 1. The van der Waals surface area contributed by atoms with Crippen molar-refractivity contribution in [3.05, 3.63) is 81.1 Å². The minimum atomic E-state index is -0.583. The van der Waals surface area contributed by atoms with Crippen LogP contribution in [0.2, 0.25) is 5.15 Å². The number of hydrazone groups is 1. The minimum Gasteiger partial charge on any atom is -0.477 e. The number of aryl methyl sites for hydroxylation is 1. The van der Waals surface area contributed by atoms with Crippen molar-refractivity contribution < 1.29 is 14.5 Å². The van der Waals surface area contributed by atoms with Crippen LogP contribution < -0.4 is 10.2 Å². The number of halogens is 1. The summed E-state index contributed by atoms with van der Waals surface area (Å²) in [5, 5.41) is 19.5. The average Bonchev–Trinajstić information content (AvgIpc) is 3.01. The highest BCUT2D eigenvalue weighted by Crippen LogP contribution is 2.25. The van der Waals surface area contributed by atoms with Crippen molar-refractivity contribution >= 4 is 29.4 Å². The number of para-hydroxylation sites is 3. The molecule has 0 radical (unpaired) electrons. The Morgan fingerprint density at radius 1 is 1.28 bits per heavy atom. The smallest absolute Gasteiger partial charge is 0.310 e. The van der Waals surface area contributed by atoms with E-state index < -0.39 is 17.4 Å². The molecule has 0 atom stereocenters. The second-order valence-corrected chi connectivity index (χ2v) is 6.20. The third kappa shape index (κ3) is 4.77. The normalized spacial score (nSPS) is 10.8. The van der Waals surface area contributed by atoms with Crippen LogP contribution in [0.25, 0.3) is 5.69 Å². The summed E-state index contributed by atoms with van der Waals surface area (Å²) >= 11 is 6.38. The van der Waals surface area contributed by atoms with E-state index in [1.54, 1.807) is 17.7 Å². The molecule has 0 fully saturated rings.